The molecular weight excluding hydrogens is 503 g/mol. The second kappa shape index (κ2) is 15.7. The number of rotatable bonds is 17. The largest absolute Gasteiger partial charge is 0.474 e. The highest BCUT2D eigenvalue weighted by atomic mass is 32.2. The lowest BCUT2D eigenvalue weighted by Gasteiger charge is -2.20. The molecule has 0 aliphatic rings. The van der Waals surface area contributed by atoms with E-state index in [4.69, 9.17) is 5.11 Å². The fourth-order valence-electron chi connectivity index (χ4n) is 3.83. The molecule has 7 nitrogen and oxygen atoms in total. The Labute approximate surface area is 217 Å². The smallest absolute Gasteiger partial charge is 0.394 e. The lowest BCUT2D eigenvalue weighted by atomic mass is 10.1. The zero-order chi connectivity index (χ0) is 26.4. The van der Waals surface area contributed by atoms with Gasteiger partial charge in [-0.15, -0.1) is 11.3 Å². The standard InChI is InChI=1S/C26H37FN2O5S2/c1-2-3-4-5-6-7-8-9-10-13-18-28-36(33,34)24-17-16-22(35-24)20-29(25(30)26(31)32)19-21-14-11-12-15-23(21)27/h11-12,14-17,28H,2-10,13,18-20H2,1H3,(H,31,32). The molecule has 0 aliphatic carbocycles. The van der Waals surface area contributed by atoms with Gasteiger partial charge in [-0.3, -0.25) is 4.79 Å². The van der Waals surface area contributed by atoms with E-state index in [1.54, 1.807) is 12.1 Å². The van der Waals surface area contributed by atoms with Gasteiger partial charge in [-0.1, -0.05) is 82.9 Å². The molecule has 0 radical (unpaired) electrons. The number of carboxylic acids is 1. The second-order valence-corrected chi connectivity index (χ2v) is 12.0. The van der Waals surface area contributed by atoms with Crippen LogP contribution in [0.15, 0.2) is 40.6 Å². The van der Waals surface area contributed by atoms with Crippen molar-refractivity contribution in [1.82, 2.24) is 9.62 Å². The summed E-state index contributed by atoms with van der Waals surface area (Å²) in [4.78, 5) is 24.9. The number of hydrogen-bond donors (Lipinski definition) is 2. The summed E-state index contributed by atoms with van der Waals surface area (Å²) in [6, 6.07) is 8.78. The summed E-state index contributed by atoms with van der Waals surface area (Å²) in [5.41, 5.74) is 0.176. The Hall–Kier alpha value is -2.30. The van der Waals surface area contributed by atoms with Crippen molar-refractivity contribution < 1.29 is 27.5 Å². The third-order valence-electron chi connectivity index (χ3n) is 5.86. The molecule has 1 aromatic carbocycles. The van der Waals surface area contributed by atoms with Crippen molar-refractivity contribution in [3.05, 3.63) is 52.7 Å². The number of thiophene rings is 1. The Morgan fingerprint density at radius 1 is 0.917 bits per heavy atom. The van der Waals surface area contributed by atoms with Crippen molar-refractivity contribution in [2.24, 2.45) is 0 Å². The second-order valence-electron chi connectivity index (χ2n) is 8.86. The van der Waals surface area contributed by atoms with E-state index in [2.05, 4.69) is 11.6 Å². The Morgan fingerprint density at radius 2 is 1.53 bits per heavy atom. The minimum absolute atomic E-state index is 0.0956. The van der Waals surface area contributed by atoms with Gasteiger partial charge in [0.25, 0.3) is 0 Å². The summed E-state index contributed by atoms with van der Waals surface area (Å²) >= 11 is 0.964. The van der Waals surface area contributed by atoms with Crippen molar-refractivity contribution in [2.45, 2.75) is 88.4 Å². The monoisotopic (exact) mass is 540 g/mol. The number of hydrogen-bond acceptors (Lipinski definition) is 5. The lowest BCUT2D eigenvalue weighted by Crippen LogP contribution is -2.35. The van der Waals surface area contributed by atoms with Crippen LogP contribution >= 0.6 is 11.3 Å². The van der Waals surface area contributed by atoms with Crippen LogP contribution in [-0.2, 0) is 32.7 Å². The Kier molecular flexibility index (Phi) is 13.1. The third-order valence-corrected chi connectivity index (χ3v) is 8.88. The highest BCUT2D eigenvalue weighted by molar-refractivity contribution is 7.91. The SMILES string of the molecule is CCCCCCCCCCCCNS(=O)(=O)c1ccc(CN(Cc2ccccc2F)C(=O)C(=O)O)s1. The number of halogens is 1. The van der Waals surface area contributed by atoms with Crippen molar-refractivity contribution in [2.75, 3.05) is 6.54 Å². The van der Waals surface area contributed by atoms with E-state index < -0.39 is 27.7 Å². The van der Waals surface area contributed by atoms with Crippen LogP contribution in [0.4, 0.5) is 4.39 Å². The molecule has 10 heteroatoms. The predicted octanol–water partition coefficient (Wildman–Crippen LogP) is 5.70. The molecule has 2 N–H and O–H groups in total. The van der Waals surface area contributed by atoms with Gasteiger partial charge in [0.05, 0.1) is 6.54 Å². The number of carbonyl (C=O) groups is 2. The minimum atomic E-state index is -3.70. The quantitative estimate of drug-likeness (QED) is 0.198. The van der Waals surface area contributed by atoms with Gasteiger partial charge in [-0.2, -0.15) is 0 Å². The first-order valence-corrected chi connectivity index (χ1v) is 14.9. The molecule has 200 valence electrons. The molecule has 0 fully saturated rings. The first-order chi connectivity index (χ1) is 17.2. The van der Waals surface area contributed by atoms with Crippen LogP contribution in [0.5, 0.6) is 0 Å². The van der Waals surface area contributed by atoms with E-state index in [9.17, 15) is 22.4 Å². The van der Waals surface area contributed by atoms with Crippen molar-refractivity contribution >= 4 is 33.2 Å². The summed E-state index contributed by atoms with van der Waals surface area (Å²) in [7, 11) is -3.70. The van der Waals surface area contributed by atoms with E-state index in [1.165, 1.54) is 69.2 Å². The number of nitrogens with zero attached hydrogens (tertiary/aromatic N) is 1. The number of unbranched alkanes of at least 4 members (excludes halogenated alkanes) is 9. The van der Waals surface area contributed by atoms with Gasteiger partial charge in [0.1, 0.15) is 10.0 Å². The average molecular weight is 541 g/mol. The van der Waals surface area contributed by atoms with Gasteiger partial charge in [0.2, 0.25) is 10.0 Å². The van der Waals surface area contributed by atoms with Gasteiger partial charge in [0.15, 0.2) is 0 Å². The molecule has 0 bridgehead atoms. The lowest BCUT2D eigenvalue weighted by molar-refractivity contribution is -0.156. The summed E-state index contributed by atoms with van der Waals surface area (Å²) in [5.74, 6) is -3.39. The van der Waals surface area contributed by atoms with Gasteiger partial charge < -0.3 is 10.0 Å². The first-order valence-electron chi connectivity index (χ1n) is 12.6. The van der Waals surface area contributed by atoms with E-state index in [0.717, 1.165) is 35.5 Å². The van der Waals surface area contributed by atoms with Crippen LogP contribution in [0.25, 0.3) is 0 Å². The summed E-state index contributed by atoms with van der Waals surface area (Å²) in [5, 5.41) is 9.16. The third kappa shape index (κ3) is 10.4. The fourth-order valence-corrected chi connectivity index (χ4v) is 6.32. The van der Waals surface area contributed by atoms with Crippen LogP contribution in [0.3, 0.4) is 0 Å². The molecule has 0 atom stereocenters. The molecule has 0 spiro atoms. The van der Waals surface area contributed by atoms with Crippen LogP contribution in [0.1, 0.15) is 81.6 Å². The predicted molar refractivity (Wildman–Crippen MR) is 140 cm³/mol. The average Bonchev–Trinajstić information content (AvgIpc) is 3.32. The Morgan fingerprint density at radius 3 is 2.14 bits per heavy atom. The van der Waals surface area contributed by atoms with Gasteiger partial charge in [-0.25, -0.2) is 22.3 Å². The van der Waals surface area contributed by atoms with Crippen LogP contribution < -0.4 is 4.72 Å². The number of carboxylic acid groups (broad SMARTS) is 1. The van der Waals surface area contributed by atoms with Crippen molar-refractivity contribution in [3.63, 3.8) is 0 Å². The zero-order valence-electron chi connectivity index (χ0n) is 20.9. The summed E-state index contributed by atoms with van der Waals surface area (Å²) in [6.45, 7) is 2.18. The number of benzene rings is 1. The highest BCUT2D eigenvalue weighted by Gasteiger charge is 2.24. The van der Waals surface area contributed by atoms with E-state index in [-0.39, 0.29) is 22.9 Å². The van der Waals surface area contributed by atoms with E-state index in [1.807, 2.05) is 0 Å². The Balaban J connectivity index is 1.83. The molecule has 0 saturated heterocycles. The molecule has 1 amide bonds. The van der Waals surface area contributed by atoms with Crippen LogP contribution in [0.2, 0.25) is 0 Å². The molecule has 36 heavy (non-hydrogen) atoms. The number of nitrogens with one attached hydrogen (secondary N) is 1. The molecule has 0 saturated carbocycles. The van der Waals surface area contributed by atoms with Crippen LogP contribution in [-0.4, -0.2) is 36.8 Å². The van der Waals surface area contributed by atoms with E-state index >= 15 is 0 Å². The topological polar surface area (TPSA) is 104 Å². The summed E-state index contributed by atoms with van der Waals surface area (Å²) in [6.07, 6.45) is 11.6. The van der Waals surface area contributed by atoms with Gasteiger partial charge in [-0.05, 0) is 24.6 Å². The molecular formula is C26H37FN2O5S2. The Bertz CT molecular complexity index is 1070. The normalized spacial score (nSPS) is 11.5. The zero-order valence-corrected chi connectivity index (χ0v) is 22.5. The number of aliphatic carboxylic acids is 1. The fraction of sp³-hybridized carbons (Fsp3) is 0.538. The van der Waals surface area contributed by atoms with Crippen LogP contribution in [0, 0.1) is 5.82 Å². The van der Waals surface area contributed by atoms with Crippen molar-refractivity contribution in [1.29, 1.82) is 0 Å². The highest BCUT2D eigenvalue weighted by Crippen LogP contribution is 2.24. The van der Waals surface area contributed by atoms with Crippen molar-refractivity contribution in [3.8, 4) is 0 Å². The maximum atomic E-state index is 14.0. The van der Waals surface area contributed by atoms with Gasteiger partial charge in [0, 0.05) is 23.5 Å². The summed E-state index contributed by atoms with van der Waals surface area (Å²) < 4.78 is 42.0. The molecule has 2 rings (SSSR count). The molecule has 2 aromatic rings. The molecule has 0 unspecified atom stereocenters. The minimum Gasteiger partial charge on any atom is -0.474 e. The molecule has 0 aliphatic heterocycles. The number of sulfonamides is 1. The first kappa shape index (κ1) is 29.9. The number of carbonyl (C=O) groups excluding carboxylic acids is 1. The number of amides is 1. The van der Waals surface area contributed by atoms with E-state index in [0.29, 0.717) is 11.4 Å². The maximum Gasteiger partial charge on any atom is 0.394 e. The molecule has 1 aromatic heterocycles. The van der Waals surface area contributed by atoms with Gasteiger partial charge >= 0.3 is 11.9 Å². The molecule has 1 heterocycles. The maximum absolute atomic E-state index is 14.0.